The third kappa shape index (κ3) is 3.31. The van der Waals surface area contributed by atoms with E-state index < -0.39 is 38.4 Å². The zero-order valence-corrected chi connectivity index (χ0v) is 15.3. The highest BCUT2D eigenvalue weighted by Gasteiger charge is 2.51. The van der Waals surface area contributed by atoms with E-state index in [-0.39, 0.29) is 23.6 Å². The summed E-state index contributed by atoms with van der Waals surface area (Å²) in [5.74, 6) is -2.25. The number of nitrogens with zero attached hydrogens (tertiary/aromatic N) is 1. The molecule has 1 aromatic rings. The highest BCUT2D eigenvalue weighted by Crippen LogP contribution is 2.40. The first-order valence-corrected chi connectivity index (χ1v) is 10.1. The lowest BCUT2D eigenvalue weighted by Crippen LogP contribution is -2.43. The Labute approximate surface area is 152 Å². The van der Waals surface area contributed by atoms with E-state index in [1.807, 2.05) is 0 Å². The fraction of sp³-hybridized carbons (Fsp3) is 0.500. The zero-order valence-electron chi connectivity index (χ0n) is 14.4. The molecule has 8 heteroatoms. The normalized spacial score (nSPS) is 26.5. The number of rotatable bonds is 5. The van der Waals surface area contributed by atoms with Crippen LogP contribution in [0.2, 0.25) is 0 Å². The molecule has 0 aliphatic heterocycles. The summed E-state index contributed by atoms with van der Waals surface area (Å²) in [6.07, 6.45) is 1.33. The number of nitrogens with one attached hydrogen (secondary N) is 2. The zero-order chi connectivity index (χ0) is 18.9. The Bertz CT molecular complexity index is 856. The molecule has 2 fully saturated rings. The van der Waals surface area contributed by atoms with E-state index in [0.717, 1.165) is 0 Å². The highest BCUT2D eigenvalue weighted by atomic mass is 32.2. The minimum absolute atomic E-state index is 0.0721. The topological polar surface area (TPSA) is 116 Å². The summed E-state index contributed by atoms with van der Waals surface area (Å²) >= 11 is 0. The van der Waals surface area contributed by atoms with Crippen molar-refractivity contribution in [3.8, 4) is 6.07 Å². The van der Waals surface area contributed by atoms with Gasteiger partial charge in [-0.15, -0.1) is 0 Å². The number of hydrogen-bond acceptors (Lipinski definition) is 5. The molecule has 0 bridgehead atoms. The van der Waals surface area contributed by atoms with E-state index in [0.29, 0.717) is 12.8 Å². The van der Waals surface area contributed by atoms with Crippen molar-refractivity contribution in [3.05, 3.63) is 30.3 Å². The van der Waals surface area contributed by atoms with Gasteiger partial charge in [-0.25, -0.2) is 8.42 Å². The van der Waals surface area contributed by atoms with Gasteiger partial charge < -0.3 is 10.6 Å². The molecule has 1 aromatic carbocycles. The molecular formula is C18H21N3O4S. The third-order valence-corrected chi connectivity index (χ3v) is 7.47. The second kappa shape index (κ2) is 6.72. The van der Waals surface area contributed by atoms with E-state index >= 15 is 0 Å². The van der Waals surface area contributed by atoms with Crippen LogP contribution in [0.25, 0.3) is 0 Å². The maximum atomic E-state index is 12.9. The molecule has 7 nitrogen and oxygen atoms in total. The van der Waals surface area contributed by atoms with Crippen LogP contribution in [0.5, 0.6) is 0 Å². The van der Waals surface area contributed by atoms with Gasteiger partial charge in [0.2, 0.25) is 11.8 Å². The molecule has 0 spiro atoms. The predicted octanol–water partition coefficient (Wildman–Crippen LogP) is 0.773. The number of carbonyl (C=O) groups is 2. The number of hydrogen-bond donors (Lipinski definition) is 2. The van der Waals surface area contributed by atoms with Crippen molar-refractivity contribution in [1.29, 1.82) is 5.26 Å². The number of sulfone groups is 1. The Morgan fingerprint density at radius 2 is 1.69 bits per heavy atom. The quantitative estimate of drug-likeness (QED) is 0.789. The van der Waals surface area contributed by atoms with Gasteiger partial charge in [0.15, 0.2) is 9.84 Å². The van der Waals surface area contributed by atoms with Gasteiger partial charge in [0.05, 0.1) is 28.1 Å². The lowest BCUT2D eigenvalue weighted by molar-refractivity contribution is -0.133. The lowest BCUT2D eigenvalue weighted by atomic mass is 9.94. The van der Waals surface area contributed by atoms with Gasteiger partial charge in [-0.3, -0.25) is 9.59 Å². The molecule has 2 amide bonds. The SMILES string of the molecule is CNC(=O)C1CC(S(=O)(=O)c2ccccc2)CC1C(=O)NC1(C#N)CC1. The molecule has 0 saturated heterocycles. The van der Waals surface area contributed by atoms with Crippen LogP contribution in [-0.4, -0.2) is 38.1 Å². The van der Waals surface area contributed by atoms with E-state index in [9.17, 15) is 18.0 Å². The van der Waals surface area contributed by atoms with Gasteiger partial charge in [0, 0.05) is 7.05 Å². The minimum atomic E-state index is -3.64. The van der Waals surface area contributed by atoms with Gasteiger partial charge in [-0.05, 0) is 37.8 Å². The monoisotopic (exact) mass is 375 g/mol. The molecule has 3 rings (SSSR count). The van der Waals surface area contributed by atoms with Gasteiger partial charge in [0.1, 0.15) is 5.54 Å². The molecule has 0 heterocycles. The third-order valence-electron chi connectivity index (χ3n) is 5.28. The van der Waals surface area contributed by atoms with Crippen LogP contribution in [0.4, 0.5) is 0 Å². The molecule has 2 N–H and O–H groups in total. The van der Waals surface area contributed by atoms with E-state index in [2.05, 4.69) is 16.7 Å². The van der Waals surface area contributed by atoms with Crippen molar-refractivity contribution in [2.24, 2.45) is 11.8 Å². The maximum absolute atomic E-state index is 12.9. The summed E-state index contributed by atoms with van der Waals surface area (Å²) in [5.41, 5.74) is -0.847. The molecule has 2 aliphatic rings. The van der Waals surface area contributed by atoms with E-state index in [4.69, 9.17) is 5.26 Å². The van der Waals surface area contributed by atoms with Crippen molar-refractivity contribution in [2.75, 3.05) is 7.05 Å². The lowest BCUT2D eigenvalue weighted by Gasteiger charge is -2.19. The summed E-state index contributed by atoms with van der Waals surface area (Å²) in [5, 5.41) is 13.6. The van der Waals surface area contributed by atoms with Crippen molar-refractivity contribution < 1.29 is 18.0 Å². The van der Waals surface area contributed by atoms with Crippen LogP contribution < -0.4 is 10.6 Å². The van der Waals surface area contributed by atoms with Gasteiger partial charge in [0.25, 0.3) is 0 Å². The first-order chi connectivity index (χ1) is 12.3. The Morgan fingerprint density at radius 3 is 2.19 bits per heavy atom. The summed E-state index contributed by atoms with van der Waals surface area (Å²) in [4.78, 5) is 25.1. The molecule has 26 heavy (non-hydrogen) atoms. The van der Waals surface area contributed by atoms with Crippen LogP contribution in [0, 0.1) is 23.2 Å². The number of amides is 2. The Kier molecular flexibility index (Phi) is 4.76. The average molecular weight is 375 g/mol. The van der Waals surface area contributed by atoms with Crippen LogP contribution in [0.1, 0.15) is 25.7 Å². The van der Waals surface area contributed by atoms with Gasteiger partial charge >= 0.3 is 0 Å². The predicted molar refractivity (Wildman–Crippen MR) is 93.4 cm³/mol. The van der Waals surface area contributed by atoms with Crippen molar-refractivity contribution >= 4 is 21.7 Å². The Balaban J connectivity index is 1.84. The fourth-order valence-corrected chi connectivity index (χ4v) is 5.37. The summed E-state index contributed by atoms with van der Waals surface area (Å²) in [7, 11) is -2.17. The number of carbonyl (C=O) groups excluding carboxylic acids is 2. The molecular weight excluding hydrogens is 354 g/mol. The molecule has 2 aliphatic carbocycles. The molecule has 138 valence electrons. The average Bonchev–Trinajstić information content (AvgIpc) is 3.27. The van der Waals surface area contributed by atoms with E-state index in [1.165, 1.54) is 19.2 Å². The van der Waals surface area contributed by atoms with Crippen molar-refractivity contribution in [2.45, 2.75) is 41.4 Å². The van der Waals surface area contributed by atoms with Crippen molar-refractivity contribution in [3.63, 3.8) is 0 Å². The van der Waals surface area contributed by atoms with Crippen LogP contribution in [0.15, 0.2) is 35.2 Å². The molecule has 2 saturated carbocycles. The maximum Gasteiger partial charge on any atom is 0.225 e. The molecule has 0 radical (unpaired) electrons. The second-order valence-corrected chi connectivity index (χ2v) is 9.19. The van der Waals surface area contributed by atoms with Gasteiger partial charge in [-0.1, -0.05) is 18.2 Å². The smallest absolute Gasteiger partial charge is 0.225 e. The second-order valence-electron chi connectivity index (χ2n) is 6.96. The molecule has 3 unspecified atom stereocenters. The fourth-order valence-electron chi connectivity index (χ4n) is 3.53. The van der Waals surface area contributed by atoms with Crippen LogP contribution in [-0.2, 0) is 19.4 Å². The first-order valence-electron chi connectivity index (χ1n) is 8.57. The van der Waals surface area contributed by atoms with Crippen LogP contribution >= 0.6 is 0 Å². The minimum Gasteiger partial charge on any atom is -0.359 e. The largest absolute Gasteiger partial charge is 0.359 e. The molecule has 3 atom stereocenters. The Hall–Kier alpha value is -2.40. The number of benzene rings is 1. The molecule has 0 aromatic heterocycles. The number of nitriles is 1. The summed E-state index contributed by atoms with van der Waals surface area (Å²) in [6.45, 7) is 0. The van der Waals surface area contributed by atoms with Crippen molar-refractivity contribution in [1.82, 2.24) is 10.6 Å². The van der Waals surface area contributed by atoms with Gasteiger partial charge in [-0.2, -0.15) is 5.26 Å². The standard InChI is InChI=1S/C18H21N3O4S/c1-20-16(22)14-9-13(26(24,25)12-5-3-2-4-6-12)10-15(14)17(23)21-18(11-19)7-8-18/h2-6,13-15H,7-10H2,1H3,(H,20,22)(H,21,23). The highest BCUT2D eigenvalue weighted by molar-refractivity contribution is 7.92. The first kappa shape index (κ1) is 18.4. The van der Waals surface area contributed by atoms with Crippen LogP contribution in [0.3, 0.4) is 0 Å². The Morgan fingerprint density at radius 1 is 1.12 bits per heavy atom. The van der Waals surface area contributed by atoms with E-state index in [1.54, 1.807) is 18.2 Å². The summed E-state index contributed by atoms with van der Waals surface area (Å²) < 4.78 is 25.8. The summed E-state index contributed by atoms with van der Waals surface area (Å²) in [6, 6.07) is 10.1.